The van der Waals surface area contributed by atoms with Gasteiger partial charge in [-0.05, 0) is 34.5 Å². The van der Waals surface area contributed by atoms with Crippen LogP contribution in [0.3, 0.4) is 0 Å². The van der Waals surface area contributed by atoms with Crippen LogP contribution in [0.5, 0.6) is 0 Å². The Kier molecular flexibility index (Phi) is 2.98. The van der Waals surface area contributed by atoms with Crippen LogP contribution in [0.15, 0.2) is 15.0 Å². The summed E-state index contributed by atoms with van der Waals surface area (Å²) in [6, 6.07) is 1.59. The Morgan fingerprint density at radius 3 is 2.54 bits per heavy atom. The number of carbonyl (C=O) groups is 1. The summed E-state index contributed by atoms with van der Waals surface area (Å²) in [7, 11) is 0. The van der Waals surface area contributed by atoms with Gasteiger partial charge < -0.3 is 10.8 Å². The van der Waals surface area contributed by atoms with E-state index in [-0.39, 0.29) is 11.3 Å². The Balaban J connectivity index is 3.53. The molecule has 0 fully saturated rings. The zero-order valence-corrected chi connectivity index (χ0v) is 9.94. The Morgan fingerprint density at radius 2 is 2.08 bits per heavy atom. The van der Waals surface area contributed by atoms with Gasteiger partial charge in [0.05, 0.1) is 5.56 Å². The van der Waals surface area contributed by atoms with E-state index in [4.69, 9.17) is 10.8 Å². The lowest BCUT2D eigenvalue weighted by atomic mass is 10.1. The van der Waals surface area contributed by atoms with Crippen molar-refractivity contribution in [2.24, 2.45) is 0 Å². The number of hydrogen-bond acceptors (Lipinski definition) is 2. The summed E-state index contributed by atoms with van der Waals surface area (Å²) in [5.74, 6) is -1.03. The number of hydrogen-bond donors (Lipinski definition) is 2. The van der Waals surface area contributed by atoms with Crippen LogP contribution in [-0.4, -0.2) is 11.1 Å². The Hall–Kier alpha value is -0.550. The number of rotatable bonds is 1. The van der Waals surface area contributed by atoms with Crippen LogP contribution >= 0.6 is 31.9 Å². The molecule has 5 heteroatoms. The quantitative estimate of drug-likeness (QED) is 0.784. The summed E-state index contributed by atoms with van der Waals surface area (Å²) >= 11 is 6.47. The number of aromatic carboxylic acids is 1. The molecule has 0 bridgehead atoms. The van der Waals surface area contributed by atoms with E-state index in [0.29, 0.717) is 4.47 Å². The van der Waals surface area contributed by atoms with Gasteiger partial charge in [0.2, 0.25) is 0 Å². The fourth-order valence-electron chi connectivity index (χ4n) is 0.953. The predicted molar refractivity (Wildman–Crippen MR) is 58.0 cm³/mol. The monoisotopic (exact) mass is 307 g/mol. The van der Waals surface area contributed by atoms with Crippen molar-refractivity contribution in [3.8, 4) is 0 Å². The molecule has 0 aliphatic carbocycles. The second-order valence-electron chi connectivity index (χ2n) is 2.57. The molecule has 1 aromatic carbocycles. The first-order valence-corrected chi connectivity index (χ1v) is 5.01. The molecule has 13 heavy (non-hydrogen) atoms. The molecule has 0 unspecified atom stereocenters. The van der Waals surface area contributed by atoms with Gasteiger partial charge in [0.15, 0.2) is 0 Å². The van der Waals surface area contributed by atoms with Gasteiger partial charge in [-0.15, -0.1) is 0 Å². The predicted octanol–water partition coefficient (Wildman–Crippen LogP) is 2.80. The molecular weight excluding hydrogens is 302 g/mol. The fourth-order valence-corrected chi connectivity index (χ4v) is 2.28. The molecular formula is C8H7Br2NO2. The molecule has 0 spiro atoms. The van der Waals surface area contributed by atoms with Gasteiger partial charge in [0, 0.05) is 14.6 Å². The van der Waals surface area contributed by atoms with E-state index in [1.165, 1.54) is 0 Å². The van der Waals surface area contributed by atoms with Crippen LogP contribution in [0.4, 0.5) is 5.69 Å². The largest absolute Gasteiger partial charge is 0.478 e. The van der Waals surface area contributed by atoms with Gasteiger partial charge in [-0.2, -0.15) is 0 Å². The first-order valence-electron chi connectivity index (χ1n) is 3.42. The van der Waals surface area contributed by atoms with Crippen molar-refractivity contribution in [2.75, 3.05) is 5.73 Å². The van der Waals surface area contributed by atoms with Crippen LogP contribution < -0.4 is 5.73 Å². The van der Waals surface area contributed by atoms with E-state index in [9.17, 15) is 4.79 Å². The zero-order chi connectivity index (χ0) is 10.2. The van der Waals surface area contributed by atoms with Crippen molar-refractivity contribution < 1.29 is 9.90 Å². The molecule has 3 N–H and O–H groups in total. The third-order valence-corrected chi connectivity index (χ3v) is 3.51. The number of carboxylic acid groups (broad SMARTS) is 1. The normalized spacial score (nSPS) is 10.1. The maximum absolute atomic E-state index is 10.8. The minimum atomic E-state index is -1.03. The molecule has 1 aromatic rings. The first-order chi connectivity index (χ1) is 5.95. The average molecular weight is 309 g/mol. The second-order valence-corrected chi connectivity index (χ2v) is 4.21. The van der Waals surface area contributed by atoms with Crippen molar-refractivity contribution in [2.45, 2.75) is 6.92 Å². The molecule has 0 saturated heterocycles. The van der Waals surface area contributed by atoms with E-state index >= 15 is 0 Å². The van der Waals surface area contributed by atoms with Crippen molar-refractivity contribution in [1.29, 1.82) is 0 Å². The maximum atomic E-state index is 10.8. The fraction of sp³-hybridized carbons (Fsp3) is 0.125. The van der Waals surface area contributed by atoms with E-state index < -0.39 is 5.97 Å². The van der Waals surface area contributed by atoms with Gasteiger partial charge in [0.25, 0.3) is 0 Å². The zero-order valence-electron chi connectivity index (χ0n) is 6.77. The first kappa shape index (κ1) is 10.5. The molecule has 0 aliphatic heterocycles. The summed E-state index contributed by atoms with van der Waals surface area (Å²) in [5, 5.41) is 8.84. The van der Waals surface area contributed by atoms with Crippen LogP contribution in [0, 0.1) is 6.92 Å². The van der Waals surface area contributed by atoms with Gasteiger partial charge in [-0.3, -0.25) is 0 Å². The van der Waals surface area contributed by atoms with Gasteiger partial charge in [-0.1, -0.05) is 15.9 Å². The lowest BCUT2D eigenvalue weighted by Gasteiger charge is -2.08. The topological polar surface area (TPSA) is 63.3 Å². The van der Waals surface area contributed by atoms with E-state index in [2.05, 4.69) is 31.9 Å². The molecule has 0 aromatic heterocycles. The van der Waals surface area contributed by atoms with Crippen LogP contribution in [0.25, 0.3) is 0 Å². The highest BCUT2D eigenvalue weighted by Gasteiger charge is 2.16. The molecule has 1 rings (SSSR count). The summed E-state index contributed by atoms with van der Waals surface area (Å²) in [6.07, 6.45) is 0. The van der Waals surface area contributed by atoms with Crippen LogP contribution in [0.1, 0.15) is 15.9 Å². The van der Waals surface area contributed by atoms with E-state index in [0.717, 1.165) is 10.0 Å². The summed E-state index contributed by atoms with van der Waals surface area (Å²) < 4.78 is 1.31. The summed E-state index contributed by atoms with van der Waals surface area (Å²) in [6.45, 7) is 1.81. The second kappa shape index (κ2) is 3.67. The minimum Gasteiger partial charge on any atom is -0.478 e. The van der Waals surface area contributed by atoms with Crippen LogP contribution in [0.2, 0.25) is 0 Å². The lowest BCUT2D eigenvalue weighted by molar-refractivity contribution is 0.0697. The smallest absolute Gasteiger partial charge is 0.338 e. The molecule has 3 nitrogen and oxygen atoms in total. The summed E-state index contributed by atoms with van der Waals surface area (Å²) in [5.41, 5.74) is 6.74. The molecule has 0 heterocycles. The van der Waals surface area contributed by atoms with Gasteiger partial charge in [-0.25, -0.2) is 4.79 Å². The number of benzene rings is 1. The SMILES string of the molecule is Cc1c(Br)cc(N)c(C(=O)O)c1Br. The van der Waals surface area contributed by atoms with Crippen molar-refractivity contribution in [3.05, 3.63) is 26.1 Å². The molecule has 70 valence electrons. The standard InChI is InChI=1S/C8H7Br2NO2/c1-3-4(9)2-5(11)6(7(3)10)8(12)13/h2H,11H2,1H3,(H,12,13). The number of carboxylic acids is 1. The Morgan fingerprint density at radius 1 is 1.54 bits per heavy atom. The molecule has 0 saturated carbocycles. The molecule has 0 amide bonds. The highest BCUT2D eigenvalue weighted by Crippen LogP contribution is 2.32. The number of nitrogens with two attached hydrogens (primary N) is 1. The van der Waals surface area contributed by atoms with Crippen molar-refractivity contribution in [1.82, 2.24) is 0 Å². The maximum Gasteiger partial charge on any atom is 0.338 e. The number of anilines is 1. The third-order valence-electron chi connectivity index (χ3n) is 1.69. The Labute approximate surface area is 92.2 Å². The minimum absolute atomic E-state index is 0.112. The number of halogens is 2. The third kappa shape index (κ3) is 1.86. The number of nitrogen functional groups attached to an aromatic ring is 1. The van der Waals surface area contributed by atoms with E-state index in [1.54, 1.807) is 13.0 Å². The average Bonchev–Trinajstić information content (AvgIpc) is 1.99. The highest BCUT2D eigenvalue weighted by atomic mass is 79.9. The van der Waals surface area contributed by atoms with Gasteiger partial charge in [0.1, 0.15) is 0 Å². The highest BCUT2D eigenvalue weighted by molar-refractivity contribution is 9.11. The van der Waals surface area contributed by atoms with Gasteiger partial charge >= 0.3 is 5.97 Å². The summed E-state index contributed by atoms with van der Waals surface area (Å²) in [4.78, 5) is 10.8. The Bertz CT molecular complexity index is 377. The van der Waals surface area contributed by atoms with Crippen molar-refractivity contribution >= 4 is 43.5 Å². The molecule has 0 atom stereocenters. The van der Waals surface area contributed by atoms with E-state index in [1.807, 2.05) is 0 Å². The lowest BCUT2D eigenvalue weighted by Crippen LogP contribution is -2.05. The van der Waals surface area contributed by atoms with Crippen LogP contribution in [-0.2, 0) is 0 Å². The molecule has 0 radical (unpaired) electrons. The molecule has 0 aliphatic rings. The van der Waals surface area contributed by atoms with Crippen molar-refractivity contribution in [3.63, 3.8) is 0 Å².